The maximum Gasteiger partial charge on any atom is 0.150 e. The minimum Gasteiger partial charge on any atom is -0.360 e. The molecule has 1 heterocycles. The first-order valence-corrected chi connectivity index (χ1v) is 6.32. The number of aryl methyl sites for hydroxylation is 1. The van der Waals surface area contributed by atoms with Crippen molar-refractivity contribution in [3.63, 3.8) is 0 Å². The number of nitrogens with zero attached hydrogens (tertiary/aromatic N) is 1. The second-order valence-corrected chi connectivity index (χ2v) is 5.19. The molecule has 0 bridgehead atoms. The van der Waals surface area contributed by atoms with Gasteiger partial charge in [0.05, 0.1) is 12.2 Å². The zero-order valence-corrected chi connectivity index (χ0v) is 10.5. The Hall–Kier alpha value is -0.830. The van der Waals surface area contributed by atoms with Crippen LogP contribution in [0, 0.1) is 18.8 Å². The van der Waals surface area contributed by atoms with Crippen molar-refractivity contribution in [1.82, 2.24) is 10.5 Å². The van der Waals surface area contributed by atoms with Gasteiger partial charge in [-0.2, -0.15) is 0 Å². The van der Waals surface area contributed by atoms with Crippen LogP contribution in [0.25, 0.3) is 0 Å². The van der Waals surface area contributed by atoms with Gasteiger partial charge in [0.2, 0.25) is 0 Å². The summed E-state index contributed by atoms with van der Waals surface area (Å²) in [6, 6.07) is 2.64. The van der Waals surface area contributed by atoms with E-state index in [1.807, 2.05) is 13.0 Å². The van der Waals surface area contributed by atoms with Crippen LogP contribution in [-0.4, -0.2) is 11.2 Å². The van der Waals surface area contributed by atoms with Crippen molar-refractivity contribution in [3.05, 3.63) is 17.5 Å². The molecule has 0 aromatic carbocycles. The molecule has 1 fully saturated rings. The van der Waals surface area contributed by atoms with Gasteiger partial charge < -0.3 is 9.84 Å². The molecule has 16 heavy (non-hydrogen) atoms. The van der Waals surface area contributed by atoms with Crippen LogP contribution in [0.3, 0.4) is 0 Å². The summed E-state index contributed by atoms with van der Waals surface area (Å²) in [7, 11) is 0. The monoisotopic (exact) mass is 222 g/mol. The van der Waals surface area contributed by atoms with Crippen molar-refractivity contribution in [1.29, 1.82) is 0 Å². The summed E-state index contributed by atoms with van der Waals surface area (Å²) in [5.74, 6) is 2.54. The molecule has 2 rings (SSSR count). The Morgan fingerprint density at radius 2 is 2.25 bits per heavy atom. The van der Waals surface area contributed by atoms with Gasteiger partial charge in [-0.3, -0.25) is 0 Å². The van der Waals surface area contributed by atoms with Crippen LogP contribution in [-0.2, 0) is 6.54 Å². The van der Waals surface area contributed by atoms with Crippen molar-refractivity contribution in [3.8, 4) is 0 Å². The molecule has 1 aromatic heterocycles. The predicted octanol–water partition coefficient (Wildman–Crippen LogP) is 2.90. The summed E-state index contributed by atoms with van der Waals surface area (Å²) in [6.07, 6.45) is 4.01. The number of hydrogen-bond acceptors (Lipinski definition) is 3. The lowest BCUT2D eigenvalue weighted by Gasteiger charge is -2.34. The molecule has 1 aliphatic carbocycles. The van der Waals surface area contributed by atoms with Gasteiger partial charge in [-0.15, -0.1) is 0 Å². The second-order valence-electron chi connectivity index (χ2n) is 5.19. The number of rotatable bonds is 3. The van der Waals surface area contributed by atoms with Crippen molar-refractivity contribution < 1.29 is 4.52 Å². The third kappa shape index (κ3) is 2.64. The Balaban J connectivity index is 1.85. The zero-order chi connectivity index (χ0) is 11.5. The van der Waals surface area contributed by atoms with E-state index in [1.54, 1.807) is 0 Å². The molecule has 0 saturated heterocycles. The highest BCUT2D eigenvalue weighted by atomic mass is 16.5. The Morgan fingerprint density at radius 3 is 2.94 bits per heavy atom. The highest BCUT2D eigenvalue weighted by Crippen LogP contribution is 2.29. The quantitative estimate of drug-likeness (QED) is 0.854. The second kappa shape index (κ2) is 5.00. The molecule has 3 nitrogen and oxygen atoms in total. The average molecular weight is 222 g/mol. The molecule has 3 unspecified atom stereocenters. The van der Waals surface area contributed by atoms with E-state index in [-0.39, 0.29) is 0 Å². The molecule has 1 aliphatic rings. The molecular weight excluding hydrogens is 200 g/mol. The van der Waals surface area contributed by atoms with Crippen molar-refractivity contribution >= 4 is 0 Å². The van der Waals surface area contributed by atoms with Gasteiger partial charge >= 0.3 is 0 Å². The van der Waals surface area contributed by atoms with E-state index in [2.05, 4.69) is 24.3 Å². The summed E-state index contributed by atoms with van der Waals surface area (Å²) in [4.78, 5) is 0. The maximum atomic E-state index is 5.20. The van der Waals surface area contributed by atoms with Crippen molar-refractivity contribution in [2.75, 3.05) is 0 Å². The summed E-state index contributed by atoms with van der Waals surface area (Å²) >= 11 is 0. The fourth-order valence-electron chi connectivity index (χ4n) is 2.60. The first-order valence-electron chi connectivity index (χ1n) is 6.32. The lowest BCUT2D eigenvalue weighted by atomic mass is 9.78. The van der Waals surface area contributed by atoms with Gasteiger partial charge in [0, 0.05) is 12.1 Å². The minimum atomic E-state index is 0.633. The van der Waals surface area contributed by atoms with Gasteiger partial charge in [0.1, 0.15) is 0 Å². The Bertz CT molecular complexity index is 334. The summed E-state index contributed by atoms with van der Waals surface area (Å²) in [6.45, 7) is 7.48. The predicted molar refractivity (Wildman–Crippen MR) is 64.0 cm³/mol. The molecule has 1 saturated carbocycles. The highest BCUT2D eigenvalue weighted by Gasteiger charge is 2.26. The van der Waals surface area contributed by atoms with Gasteiger partial charge in [-0.05, 0) is 25.2 Å². The molecule has 0 radical (unpaired) electrons. The molecule has 90 valence electrons. The van der Waals surface area contributed by atoms with E-state index >= 15 is 0 Å². The van der Waals surface area contributed by atoms with E-state index in [4.69, 9.17) is 4.52 Å². The van der Waals surface area contributed by atoms with E-state index in [9.17, 15) is 0 Å². The molecule has 0 amide bonds. The highest BCUT2D eigenvalue weighted by molar-refractivity contribution is 5.03. The largest absolute Gasteiger partial charge is 0.360 e. The smallest absolute Gasteiger partial charge is 0.150 e. The standard InChI is InChI=1S/C13H22N2O/c1-9-5-4-6-13(11(9)3)14-8-12-7-10(2)15-16-12/h7,9,11,13-14H,4-6,8H2,1-3H3. The van der Waals surface area contributed by atoms with E-state index in [0.717, 1.165) is 29.8 Å². The van der Waals surface area contributed by atoms with Crippen molar-refractivity contribution in [2.24, 2.45) is 11.8 Å². The number of hydrogen-bond donors (Lipinski definition) is 1. The SMILES string of the molecule is Cc1cc(CNC2CCCC(C)C2C)on1. The van der Waals surface area contributed by atoms with Crippen LogP contribution >= 0.6 is 0 Å². The van der Waals surface area contributed by atoms with Gasteiger partial charge in [-0.1, -0.05) is 31.8 Å². The Labute approximate surface area is 97.6 Å². The molecule has 1 N–H and O–H groups in total. The third-order valence-corrected chi connectivity index (χ3v) is 3.92. The van der Waals surface area contributed by atoms with E-state index in [0.29, 0.717) is 6.04 Å². The van der Waals surface area contributed by atoms with Crippen molar-refractivity contribution in [2.45, 2.75) is 52.6 Å². The first-order chi connectivity index (χ1) is 7.66. The van der Waals surface area contributed by atoms with Crippen LogP contribution in [0.2, 0.25) is 0 Å². The summed E-state index contributed by atoms with van der Waals surface area (Å²) in [5.41, 5.74) is 0.960. The summed E-state index contributed by atoms with van der Waals surface area (Å²) in [5, 5.41) is 7.50. The maximum absolute atomic E-state index is 5.20. The van der Waals surface area contributed by atoms with Crippen LogP contribution in [0.1, 0.15) is 44.6 Å². The fraction of sp³-hybridized carbons (Fsp3) is 0.769. The van der Waals surface area contributed by atoms with Crippen LogP contribution in [0.4, 0.5) is 0 Å². The van der Waals surface area contributed by atoms with Crippen LogP contribution in [0.15, 0.2) is 10.6 Å². The molecule has 3 heteroatoms. The van der Waals surface area contributed by atoms with Crippen LogP contribution < -0.4 is 5.32 Å². The zero-order valence-electron chi connectivity index (χ0n) is 10.5. The topological polar surface area (TPSA) is 38.1 Å². The molecule has 0 spiro atoms. The van der Waals surface area contributed by atoms with Gasteiger partial charge in [0.25, 0.3) is 0 Å². The number of aromatic nitrogens is 1. The third-order valence-electron chi connectivity index (χ3n) is 3.92. The van der Waals surface area contributed by atoms with E-state index < -0.39 is 0 Å². The molecular formula is C13H22N2O. The Kier molecular flexibility index (Phi) is 3.64. The fourth-order valence-corrected chi connectivity index (χ4v) is 2.60. The lowest BCUT2D eigenvalue weighted by molar-refractivity contribution is 0.201. The molecule has 3 atom stereocenters. The lowest BCUT2D eigenvalue weighted by Crippen LogP contribution is -2.40. The van der Waals surface area contributed by atoms with Gasteiger partial charge in [-0.25, -0.2) is 0 Å². The Morgan fingerprint density at radius 1 is 1.44 bits per heavy atom. The first kappa shape index (κ1) is 11.6. The molecule has 0 aliphatic heterocycles. The normalized spacial score (nSPS) is 30.6. The molecule has 1 aromatic rings. The average Bonchev–Trinajstić information content (AvgIpc) is 2.67. The number of nitrogens with one attached hydrogen (secondary N) is 1. The van der Waals surface area contributed by atoms with Crippen LogP contribution in [0.5, 0.6) is 0 Å². The summed E-state index contributed by atoms with van der Waals surface area (Å²) < 4.78 is 5.20. The minimum absolute atomic E-state index is 0.633. The van der Waals surface area contributed by atoms with E-state index in [1.165, 1.54) is 19.3 Å². The van der Waals surface area contributed by atoms with Gasteiger partial charge in [0.15, 0.2) is 5.76 Å².